The Balaban J connectivity index is 0.938. The lowest BCUT2D eigenvalue weighted by atomic mass is 10.3. The van der Waals surface area contributed by atoms with Crippen molar-refractivity contribution in [1.82, 2.24) is 19.6 Å². The van der Waals surface area contributed by atoms with Crippen LogP contribution in [0.3, 0.4) is 0 Å². The minimum Gasteiger partial charge on any atom is -0.314 e. The second-order valence-corrected chi connectivity index (χ2v) is 44.9. The standard InChI is InChI=1S/C90H96N4O6P6/c95-101(79-37-13-1-14-38-79,80-39-15-2-16-40-80)73-67-92(68-74-102(96,81-41-17-3-18-42-81)82-43-19-4-20-44-82)64-61-91(62-65-93(69-75-103(97,83-45-21-5-22-46-83)84-47-23-6-24-48-84)70-76-104(98,85-49-25-7-26-50-85)86-51-27-8-28-52-86)63-66-94(71-77-105(99,87-53-29-9-30-54-87)88-55-31-10-32-56-88)72-78-106(100,89-57-33-11-34-58-89)90-59-35-12-36-60-90/h1-60H,61-78H2. The van der Waals surface area contributed by atoms with Gasteiger partial charge in [0.1, 0.15) is 42.9 Å². The highest BCUT2D eigenvalue weighted by Crippen LogP contribution is 2.49. The molecular weight excluding hydrogens is 1420 g/mol. The van der Waals surface area contributed by atoms with E-state index < -0.39 is 42.9 Å². The quantitative estimate of drug-likeness (QED) is 0.0345. The van der Waals surface area contributed by atoms with Gasteiger partial charge in [-0.3, -0.25) is 4.90 Å². The molecule has 0 bridgehead atoms. The maximum atomic E-state index is 16.1. The average Bonchev–Trinajstić information content (AvgIpc) is 0.830. The summed E-state index contributed by atoms with van der Waals surface area (Å²) in [7, 11) is -19.5. The summed E-state index contributed by atoms with van der Waals surface area (Å²) in [5.41, 5.74) is 0. The van der Waals surface area contributed by atoms with Gasteiger partial charge in [-0.15, -0.1) is 0 Å². The first-order chi connectivity index (χ1) is 51.8. The number of benzene rings is 12. The highest BCUT2D eigenvalue weighted by atomic mass is 31.2. The largest absolute Gasteiger partial charge is 0.314 e. The molecule has 542 valence electrons. The first kappa shape index (κ1) is 77.5. The lowest BCUT2D eigenvalue weighted by Gasteiger charge is -2.34. The van der Waals surface area contributed by atoms with E-state index in [0.717, 1.165) is 63.7 Å². The summed E-state index contributed by atoms with van der Waals surface area (Å²) in [5, 5.41) is 9.37. The third-order valence-corrected chi connectivity index (χ3v) is 39.2. The number of hydrogen-bond acceptors (Lipinski definition) is 10. The molecule has 10 nitrogen and oxygen atoms in total. The second kappa shape index (κ2) is 37.6. The Morgan fingerprint density at radius 3 is 0.311 bits per heavy atom. The molecule has 0 unspecified atom stereocenters. The van der Waals surface area contributed by atoms with E-state index in [1.807, 2.05) is 364 Å². The van der Waals surface area contributed by atoms with E-state index in [-0.39, 0.29) is 0 Å². The predicted molar refractivity (Wildman–Crippen MR) is 454 cm³/mol. The van der Waals surface area contributed by atoms with Gasteiger partial charge in [0.05, 0.1) is 0 Å². The van der Waals surface area contributed by atoms with Crippen molar-refractivity contribution in [2.45, 2.75) is 0 Å². The van der Waals surface area contributed by atoms with Crippen LogP contribution in [0, 0.1) is 0 Å². The molecule has 0 aliphatic carbocycles. The molecule has 0 spiro atoms. The van der Waals surface area contributed by atoms with E-state index in [1.165, 1.54) is 0 Å². The zero-order valence-electron chi connectivity index (χ0n) is 60.3. The smallest absolute Gasteiger partial charge is 0.144 e. The van der Waals surface area contributed by atoms with E-state index in [1.54, 1.807) is 0 Å². The van der Waals surface area contributed by atoms with Crippen LogP contribution in [0.15, 0.2) is 364 Å². The Bertz CT molecular complexity index is 3880. The summed E-state index contributed by atoms with van der Waals surface area (Å²) in [5.74, 6) is 0. The van der Waals surface area contributed by atoms with Gasteiger partial charge >= 0.3 is 0 Å². The van der Waals surface area contributed by atoms with Gasteiger partial charge in [-0.05, 0) is 0 Å². The maximum Gasteiger partial charge on any atom is 0.144 e. The average molecular weight is 1520 g/mol. The van der Waals surface area contributed by atoms with Crippen LogP contribution in [-0.4, -0.2) is 135 Å². The third-order valence-electron chi connectivity index (χ3n) is 20.7. The van der Waals surface area contributed by atoms with Gasteiger partial charge in [0.25, 0.3) is 0 Å². The highest BCUT2D eigenvalue weighted by molar-refractivity contribution is 7.80. The Morgan fingerprint density at radius 2 is 0.217 bits per heavy atom. The van der Waals surface area contributed by atoms with E-state index in [4.69, 9.17) is 0 Å². The van der Waals surface area contributed by atoms with E-state index in [9.17, 15) is 0 Å². The Hall–Kier alpha value is -8.14. The molecule has 0 heterocycles. The Kier molecular flexibility index (Phi) is 27.5. The summed E-state index contributed by atoms with van der Waals surface area (Å²) < 4.78 is 96.8. The lowest BCUT2D eigenvalue weighted by Crippen LogP contribution is -2.46. The molecule has 12 rings (SSSR count). The zero-order valence-corrected chi connectivity index (χ0v) is 65.7. The molecule has 0 aliphatic heterocycles. The van der Waals surface area contributed by atoms with Crippen molar-refractivity contribution in [2.75, 3.05) is 116 Å². The monoisotopic (exact) mass is 1510 g/mol. The summed E-state index contributed by atoms with van der Waals surface area (Å²) in [6.07, 6.45) is 2.01. The van der Waals surface area contributed by atoms with Crippen molar-refractivity contribution in [3.05, 3.63) is 364 Å². The summed E-state index contributed by atoms with van der Waals surface area (Å²) >= 11 is 0. The molecule has 0 aliphatic rings. The number of nitrogens with zero attached hydrogens (tertiary/aromatic N) is 4. The van der Waals surface area contributed by atoms with Gasteiger partial charge in [-0.1, -0.05) is 364 Å². The van der Waals surface area contributed by atoms with Gasteiger partial charge in [-0.25, -0.2) is 0 Å². The second-order valence-electron chi connectivity index (χ2n) is 27.2. The SMILES string of the molecule is O=P(CCN(CCN(CCN(CCP(=O)(c1ccccc1)c1ccccc1)CCP(=O)(c1ccccc1)c1ccccc1)CCN(CCP(=O)(c1ccccc1)c1ccccc1)CCP(=O)(c1ccccc1)c1ccccc1)CCP(=O)(c1ccccc1)c1ccccc1)(c1ccccc1)c1ccccc1. The van der Waals surface area contributed by atoms with Gasteiger partial charge < -0.3 is 42.1 Å². The topological polar surface area (TPSA) is 115 Å². The van der Waals surface area contributed by atoms with Crippen LogP contribution in [-0.2, 0) is 27.4 Å². The molecule has 16 heteroatoms. The molecule has 12 aromatic carbocycles. The highest BCUT2D eigenvalue weighted by Gasteiger charge is 2.36. The van der Waals surface area contributed by atoms with Crippen LogP contribution in [0.4, 0.5) is 0 Å². The molecule has 0 atom stereocenters. The molecule has 0 aromatic heterocycles. The summed E-state index contributed by atoms with van der Waals surface area (Å²) in [4.78, 5) is 9.60. The first-order valence-electron chi connectivity index (χ1n) is 36.9. The van der Waals surface area contributed by atoms with Crippen LogP contribution in [0.5, 0.6) is 0 Å². The van der Waals surface area contributed by atoms with Crippen molar-refractivity contribution in [2.24, 2.45) is 0 Å². The van der Waals surface area contributed by atoms with Crippen molar-refractivity contribution in [3.63, 3.8) is 0 Å². The normalized spacial score (nSPS) is 12.5. The molecule has 0 radical (unpaired) electrons. The van der Waals surface area contributed by atoms with Gasteiger partial charge in [0.15, 0.2) is 0 Å². The van der Waals surface area contributed by atoms with Crippen molar-refractivity contribution in [3.8, 4) is 0 Å². The van der Waals surface area contributed by atoms with Crippen LogP contribution >= 0.6 is 42.9 Å². The maximum absolute atomic E-state index is 16.1. The summed E-state index contributed by atoms with van der Waals surface area (Å²) in [6, 6.07) is 118. The number of rotatable bonds is 39. The molecule has 106 heavy (non-hydrogen) atoms. The molecule has 0 fully saturated rings. The van der Waals surface area contributed by atoms with Gasteiger partial charge in [0.2, 0.25) is 0 Å². The zero-order chi connectivity index (χ0) is 73.4. The minimum absolute atomic E-state index is 0.334. The van der Waals surface area contributed by atoms with Crippen molar-refractivity contribution in [1.29, 1.82) is 0 Å². The van der Waals surface area contributed by atoms with Crippen LogP contribution in [0.2, 0.25) is 0 Å². The number of hydrogen-bond donors (Lipinski definition) is 0. The Labute approximate surface area is 628 Å². The third kappa shape index (κ3) is 19.4. The minimum atomic E-state index is -3.25. The van der Waals surface area contributed by atoms with Crippen LogP contribution in [0.25, 0.3) is 0 Å². The van der Waals surface area contributed by atoms with E-state index >= 15 is 27.4 Å². The lowest BCUT2D eigenvalue weighted by molar-refractivity contribution is 0.167. The molecular formula is C90H96N4O6P6. The molecule has 0 amide bonds. The summed E-state index contributed by atoms with van der Waals surface area (Å²) in [6.45, 7) is 5.71. The molecule has 0 saturated carbocycles. The van der Waals surface area contributed by atoms with Gasteiger partial charge in [0, 0.05) is 179 Å². The van der Waals surface area contributed by atoms with E-state index in [2.05, 4.69) is 19.6 Å². The molecule has 0 N–H and O–H groups in total. The Morgan fingerprint density at radius 1 is 0.132 bits per heavy atom. The fourth-order valence-corrected chi connectivity index (χ4v) is 30.5. The van der Waals surface area contributed by atoms with Crippen molar-refractivity contribution >= 4 is 107 Å². The molecule has 0 saturated heterocycles. The van der Waals surface area contributed by atoms with Crippen LogP contribution in [0.1, 0.15) is 0 Å². The first-order valence-corrected chi connectivity index (χ1v) is 48.3. The predicted octanol–water partition coefficient (Wildman–Crippen LogP) is 14.3. The van der Waals surface area contributed by atoms with Crippen LogP contribution < -0.4 is 63.7 Å². The van der Waals surface area contributed by atoms with E-state index in [0.29, 0.717) is 116 Å². The van der Waals surface area contributed by atoms with Gasteiger partial charge in [-0.2, -0.15) is 0 Å². The fourth-order valence-electron chi connectivity index (χ4n) is 14.4. The molecule has 12 aromatic rings. The fraction of sp³-hybridized carbons (Fsp3) is 0.200. The van der Waals surface area contributed by atoms with Crippen molar-refractivity contribution < 1.29 is 27.4 Å².